The van der Waals surface area contributed by atoms with E-state index >= 15 is 0 Å². The average Bonchev–Trinajstić information content (AvgIpc) is 3.07. The van der Waals surface area contributed by atoms with E-state index in [2.05, 4.69) is 0 Å². The highest BCUT2D eigenvalue weighted by Crippen LogP contribution is 2.35. The predicted octanol–water partition coefficient (Wildman–Crippen LogP) is 3.02. The van der Waals surface area contributed by atoms with E-state index in [1.54, 1.807) is 19.1 Å². The molecule has 0 unspecified atom stereocenters. The molecule has 0 radical (unpaired) electrons. The van der Waals surface area contributed by atoms with Gasteiger partial charge >= 0.3 is 0 Å². The van der Waals surface area contributed by atoms with E-state index in [1.165, 1.54) is 0 Å². The van der Waals surface area contributed by atoms with E-state index in [0.29, 0.717) is 24.3 Å². The molecule has 3 rings (SSSR count). The number of ether oxygens (including phenoxy) is 3. The first-order valence-corrected chi connectivity index (χ1v) is 7.46. The Labute approximate surface area is 135 Å². The van der Waals surface area contributed by atoms with E-state index in [-0.39, 0.29) is 12.7 Å². The molecule has 0 atom stereocenters. The SMILES string of the molecule is COc1ccc(CCC(=O)N(C)c2ccc3c(c2)OCO3)cc1. The summed E-state index contributed by atoms with van der Waals surface area (Å²) in [4.78, 5) is 14.0. The van der Waals surface area contributed by atoms with Gasteiger partial charge in [-0.2, -0.15) is 0 Å². The van der Waals surface area contributed by atoms with Crippen molar-refractivity contribution < 1.29 is 19.0 Å². The van der Waals surface area contributed by atoms with Gasteiger partial charge in [-0.1, -0.05) is 12.1 Å². The van der Waals surface area contributed by atoms with E-state index in [1.807, 2.05) is 42.5 Å². The fraction of sp³-hybridized carbons (Fsp3) is 0.278. The van der Waals surface area contributed by atoms with Crippen LogP contribution in [0.15, 0.2) is 42.5 Å². The minimum atomic E-state index is 0.0553. The van der Waals surface area contributed by atoms with Crippen molar-refractivity contribution in [2.24, 2.45) is 0 Å². The number of methoxy groups -OCH3 is 1. The third kappa shape index (κ3) is 3.39. The molecular weight excluding hydrogens is 294 g/mol. The number of hydrogen-bond donors (Lipinski definition) is 0. The van der Waals surface area contributed by atoms with Crippen LogP contribution in [0.25, 0.3) is 0 Å². The van der Waals surface area contributed by atoms with Crippen molar-refractivity contribution in [1.82, 2.24) is 0 Å². The van der Waals surface area contributed by atoms with Crippen LogP contribution in [0.2, 0.25) is 0 Å². The van der Waals surface area contributed by atoms with Crippen molar-refractivity contribution in [3.63, 3.8) is 0 Å². The molecule has 0 saturated carbocycles. The monoisotopic (exact) mass is 313 g/mol. The van der Waals surface area contributed by atoms with Crippen molar-refractivity contribution in [1.29, 1.82) is 0 Å². The number of nitrogens with zero attached hydrogens (tertiary/aromatic N) is 1. The average molecular weight is 313 g/mol. The fourth-order valence-electron chi connectivity index (χ4n) is 2.45. The molecule has 2 aromatic rings. The van der Waals surface area contributed by atoms with Crippen LogP contribution in [0, 0.1) is 0 Å². The van der Waals surface area contributed by atoms with Gasteiger partial charge in [0, 0.05) is 25.2 Å². The topological polar surface area (TPSA) is 48.0 Å². The molecule has 1 aliphatic rings. The number of hydrogen-bond acceptors (Lipinski definition) is 4. The van der Waals surface area contributed by atoms with Crippen molar-refractivity contribution in [3.8, 4) is 17.2 Å². The van der Waals surface area contributed by atoms with Gasteiger partial charge in [-0.15, -0.1) is 0 Å². The number of aryl methyl sites for hydroxylation is 1. The quantitative estimate of drug-likeness (QED) is 0.851. The molecule has 0 N–H and O–H groups in total. The number of benzene rings is 2. The molecule has 0 bridgehead atoms. The Morgan fingerprint density at radius 2 is 1.87 bits per heavy atom. The number of carbonyl (C=O) groups is 1. The molecule has 2 aromatic carbocycles. The summed E-state index contributed by atoms with van der Waals surface area (Å²) in [6.07, 6.45) is 1.13. The largest absolute Gasteiger partial charge is 0.497 e. The molecule has 0 spiro atoms. The number of carbonyl (C=O) groups excluding carboxylic acids is 1. The maximum absolute atomic E-state index is 12.4. The van der Waals surface area contributed by atoms with Crippen LogP contribution in [0.4, 0.5) is 5.69 Å². The van der Waals surface area contributed by atoms with Gasteiger partial charge in [0.1, 0.15) is 5.75 Å². The number of amides is 1. The number of rotatable bonds is 5. The van der Waals surface area contributed by atoms with E-state index in [9.17, 15) is 4.79 Å². The minimum absolute atomic E-state index is 0.0553. The summed E-state index contributed by atoms with van der Waals surface area (Å²) in [6.45, 7) is 0.230. The highest BCUT2D eigenvalue weighted by atomic mass is 16.7. The summed E-state index contributed by atoms with van der Waals surface area (Å²) in [7, 11) is 3.41. The van der Waals surface area contributed by atoms with Crippen molar-refractivity contribution >= 4 is 11.6 Å². The second-order valence-electron chi connectivity index (χ2n) is 5.34. The first-order valence-electron chi connectivity index (χ1n) is 7.46. The molecular formula is C18H19NO4. The molecule has 23 heavy (non-hydrogen) atoms. The lowest BCUT2D eigenvalue weighted by Crippen LogP contribution is -2.26. The van der Waals surface area contributed by atoms with Gasteiger partial charge in [-0.25, -0.2) is 0 Å². The van der Waals surface area contributed by atoms with E-state index < -0.39 is 0 Å². The van der Waals surface area contributed by atoms with Gasteiger partial charge < -0.3 is 19.1 Å². The second kappa shape index (κ2) is 6.60. The lowest BCUT2D eigenvalue weighted by atomic mass is 10.1. The van der Waals surface area contributed by atoms with Crippen LogP contribution in [-0.2, 0) is 11.2 Å². The van der Waals surface area contributed by atoms with Gasteiger partial charge in [0.05, 0.1) is 7.11 Å². The number of fused-ring (bicyclic) bond motifs is 1. The van der Waals surface area contributed by atoms with Gasteiger partial charge in [0.25, 0.3) is 0 Å². The summed E-state index contributed by atoms with van der Waals surface area (Å²) in [6, 6.07) is 13.3. The third-order valence-electron chi connectivity index (χ3n) is 3.90. The summed E-state index contributed by atoms with van der Waals surface area (Å²) >= 11 is 0. The van der Waals surface area contributed by atoms with Crippen LogP contribution in [0.5, 0.6) is 17.2 Å². The molecule has 5 nitrogen and oxygen atoms in total. The first-order chi connectivity index (χ1) is 11.2. The van der Waals surface area contributed by atoms with Crippen LogP contribution in [0.3, 0.4) is 0 Å². The molecule has 0 aromatic heterocycles. The van der Waals surface area contributed by atoms with Gasteiger partial charge in [0.15, 0.2) is 11.5 Å². The Morgan fingerprint density at radius 1 is 1.13 bits per heavy atom. The Balaban J connectivity index is 1.60. The molecule has 1 heterocycles. The van der Waals surface area contributed by atoms with Crippen LogP contribution >= 0.6 is 0 Å². The molecule has 0 saturated heterocycles. The Morgan fingerprint density at radius 3 is 2.61 bits per heavy atom. The molecule has 1 amide bonds. The second-order valence-corrected chi connectivity index (χ2v) is 5.34. The number of anilines is 1. The summed E-state index contributed by atoms with van der Waals surface area (Å²) in [5.74, 6) is 2.27. The summed E-state index contributed by atoms with van der Waals surface area (Å²) in [5, 5.41) is 0. The Bertz CT molecular complexity index is 697. The minimum Gasteiger partial charge on any atom is -0.497 e. The van der Waals surface area contributed by atoms with Crippen molar-refractivity contribution in [2.75, 3.05) is 25.9 Å². The van der Waals surface area contributed by atoms with Gasteiger partial charge in [0.2, 0.25) is 12.7 Å². The van der Waals surface area contributed by atoms with E-state index in [4.69, 9.17) is 14.2 Å². The third-order valence-corrected chi connectivity index (χ3v) is 3.90. The molecule has 0 aliphatic carbocycles. The maximum Gasteiger partial charge on any atom is 0.231 e. The lowest BCUT2D eigenvalue weighted by molar-refractivity contribution is -0.118. The van der Waals surface area contributed by atoms with Crippen LogP contribution in [0.1, 0.15) is 12.0 Å². The molecule has 120 valence electrons. The zero-order valence-electron chi connectivity index (χ0n) is 13.2. The van der Waals surface area contributed by atoms with Gasteiger partial charge in [-0.3, -0.25) is 4.79 Å². The highest BCUT2D eigenvalue weighted by molar-refractivity contribution is 5.93. The molecule has 1 aliphatic heterocycles. The maximum atomic E-state index is 12.4. The Hall–Kier alpha value is -2.69. The van der Waals surface area contributed by atoms with E-state index in [0.717, 1.165) is 17.0 Å². The zero-order chi connectivity index (χ0) is 16.2. The smallest absolute Gasteiger partial charge is 0.231 e. The summed E-state index contributed by atoms with van der Waals surface area (Å²) < 4.78 is 15.8. The van der Waals surface area contributed by atoms with Crippen molar-refractivity contribution in [2.45, 2.75) is 12.8 Å². The summed E-state index contributed by atoms with van der Waals surface area (Å²) in [5.41, 5.74) is 1.91. The standard InChI is InChI=1S/C18H19NO4/c1-19(14-6-9-16-17(11-14)23-12-22-16)18(20)10-5-13-3-7-15(21-2)8-4-13/h3-4,6-9,11H,5,10,12H2,1-2H3. The Kier molecular flexibility index (Phi) is 4.37. The molecule has 0 fully saturated rings. The van der Waals surface area contributed by atoms with Crippen LogP contribution < -0.4 is 19.1 Å². The fourth-order valence-corrected chi connectivity index (χ4v) is 2.45. The van der Waals surface area contributed by atoms with Crippen LogP contribution in [-0.4, -0.2) is 26.9 Å². The lowest BCUT2D eigenvalue weighted by Gasteiger charge is -2.17. The van der Waals surface area contributed by atoms with Gasteiger partial charge in [-0.05, 0) is 36.2 Å². The normalized spacial score (nSPS) is 12.1. The highest BCUT2D eigenvalue weighted by Gasteiger charge is 2.17. The predicted molar refractivity (Wildman–Crippen MR) is 87.3 cm³/mol. The zero-order valence-corrected chi connectivity index (χ0v) is 13.2. The van der Waals surface area contributed by atoms with Crippen molar-refractivity contribution in [3.05, 3.63) is 48.0 Å². The molecule has 5 heteroatoms. The first kappa shape index (κ1) is 15.2.